The van der Waals surface area contributed by atoms with Gasteiger partial charge in [-0.05, 0) is 25.1 Å². The Morgan fingerprint density at radius 1 is 1.30 bits per heavy atom. The summed E-state index contributed by atoms with van der Waals surface area (Å²) in [6, 6.07) is 12.4. The normalized spacial score (nSPS) is 15.8. The van der Waals surface area contributed by atoms with Crippen LogP contribution in [0.1, 0.15) is 29.2 Å². The van der Waals surface area contributed by atoms with Gasteiger partial charge >= 0.3 is 0 Å². The molecular weight excluding hydrogens is 470 g/mol. The van der Waals surface area contributed by atoms with Crippen LogP contribution in [0.4, 0.5) is 11.5 Å². The Balaban J connectivity index is 1.69. The number of hydrogen-bond acceptors (Lipinski definition) is 6. The number of benzene rings is 2. The smallest absolute Gasteiger partial charge is 0.273 e. The SMILES string of the molecule is Cc1nn(-c2nc3ccc(Br)cc3s2)c2c1[C@@H](c1ccccc1[N+](=O)[O-])CC(=O)N2. The Morgan fingerprint density at radius 2 is 2.10 bits per heavy atom. The lowest BCUT2D eigenvalue weighted by Gasteiger charge is -2.23. The number of nitrogens with zero attached hydrogens (tertiary/aromatic N) is 4. The van der Waals surface area contributed by atoms with Crippen molar-refractivity contribution in [2.45, 2.75) is 19.3 Å². The number of halogens is 1. The molecule has 3 heterocycles. The van der Waals surface area contributed by atoms with E-state index in [0.717, 1.165) is 20.3 Å². The summed E-state index contributed by atoms with van der Waals surface area (Å²) in [5.74, 6) is -0.145. The highest BCUT2D eigenvalue weighted by Crippen LogP contribution is 2.43. The average Bonchev–Trinajstić information content (AvgIpc) is 3.27. The number of nitro benzene ring substituents is 1. The first-order valence-corrected chi connectivity index (χ1v) is 10.7. The van der Waals surface area contributed by atoms with Gasteiger partial charge < -0.3 is 5.32 Å². The van der Waals surface area contributed by atoms with Crippen molar-refractivity contribution in [1.82, 2.24) is 14.8 Å². The van der Waals surface area contributed by atoms with Crippen LogP contribution < -0.4 is 5.32 Å². The molecule has 5 rings (SSSR count). The molecule has 0 bridgehead atoms. The lowest BCUT2D eigenvalue weighted by atomic mass is 9.85. The van der Waals surface area contributed by atoms with Crippen LogP contribution in [0.2, 0.25) is 0 Å². The van der Waals surface area contributed by atoms with E-state index in [0.29, 0.717) is 22.2 Å². The van der Waals surface area contributed by atoms with Gasteiger partial charge in [0.25, 0.3) is 5.69 Å². The number of para-hydroxylation sites is 1. The first kappa shape index (κ1) is 18.9. The number of amides is 1. The molecule has 0 radical (unpaired) electrons. The van der Waals surface area contributed by atoms with Crippen LogP contribution in [0.25, 0.3) is 15.3 Å². The van der Waals surface area contributed by atoms with Crippen molar-refractivity contribution in [3.05, 3.63) is 73.9 Å². The predicted molar refractivity (Wildman–Crippen MR) is 117 cm³/mol. The topological polar surface area (TPSA) is 103 Å². The second-order valence-corrected chi connectivity index (χ2v) is 8.91. The molecule has 1 N–H and O–H groups in total. The second-order valence-electron chi connectivity index (χ2n) is 6.99. The predicted octanol–water partition coefficient (Wildman–Crippen LogP) is 4.94. The van der Waals surface area contributed by atoms with Gasteiger partial charge in [-0.3, -0.25) is 14.9 Å². The molecule has 2 aromatic heterocycles. The zero-order chi connectivity index (χ0) is 21.0. The molecule has 0 saturated heterocycles. The molecule has 0 aliphatic carbocycles. The summed E-state index contributed by atoms with van der Waals surface area (Å²) in [5, 5.41) is 19.7. The van der Waals surface area contributed by atoms with Gasteiger partial charge in [-0.25, -0.2) is 4.98 Å². The van der Waals surface area contributed by atoms with Gasteiger partial charge in [-0.15, -0.1) is 0 Å². The highest BCUT2D eigenvalue weighted by Gasteiger charge is 2.36. The number of aryl methyl sites for hydroxylation is 1. The molecule has 1 aliphatic rings. The van der Waals surface area contributed by atoms with Gasteiger partial charge in [0.2, 0.25) is 11.0 Å². The molecule has 150 valence electrons. The van der Waals surface area contributed by atoms with E-state index < -0.39 is 10.8 Å². The maximum absolute atomic E-state index is 12.6. The first-order valence-electron chi connectivity index (χ1n) is 9.11. The Bertz CT molecular complexity index is 1350. The number of hydrogen-bond donors (Lipinski definition) is 1. The molecule has 30 heavy (non-hydrogen) atoms. The molecule has 0 saturated carbocycles. The summed E-state index contributed by atoms with van der Waals surface area (Å²) in [5.41, 5.74) is 2.82. The third kappa shape index (κ3) is 2.99. The number of nitro groups is 1. The fourth-order valence-corrected chi connectivity index (χ4v) is 5.35. The minimum Gasteiger partial charge on any atom is -0.310 e. The van der Waals surface area contributed by atoms with Crippen LogP contribution >= 0.6 is 27.3 Å². The second kappa shape index (κ2) is 6.99. The Hall–Kier alpha value is -3.11. The summed E-state index contributed by atoms with van der Waals surface area (Å²) in [6.45, 7) is 1.85. The van der Waals surface area contributed by atoms with E-state index in [4.69, 9.17) is 0 Å². The van der Waals surface area contributed by atoms with Crippen molar-refractivity contribution < 1.29 is 9.72 Å². The fraction of sp³-hybridized carbons (Fsp3) is 0.150. The molecular formula is C20H14BrN5O3S. The average molecular weight is 484 g/mol. The van der Waals surface area contributed by atoms with Gasteiger partial charge in [-0.1, -0.05) is 45.5 Å². The van der Waals surface area contributed by atoms with E-state index in [9.17, 15) is 14.9 Å². The fourth-order valence-electron chi connectivity index (χ4n) is 3.88. The number of thiazole rings is 1. The van der Waals surface area contributed by atoms with Crippen LogP contribution in [0.5, 0.6) is 0 Å². The summed E-state index contributed by atoms with van der Waals surface area (Å²) < 4.78 is 3.56. The van der Waals surface area contributed by atoms with Crippen molar-refractivity contribution >= 4 is 54.9 Å². The molecule has 0 unspecified atom stereocenters. The zero-order valence-corrected chi connectivity index (χ0v) is 18.0. The third-order valence-corrected chi connectivity index (χ3v) is 6.62. The van der Waals surface area contributed by atoms with E-state index in [1.165, 1.54) is 17.4 Å². The quantitative estimate of drug-likeness (QED) is 0.328. The molecule has 8 nitrogen and oxygen atoms in total. The van der Waals surface area contributed by atoms with E-state index in [-0.39, 0.29) is 18.0 Å². The molecule has 4 aromatic rings. The molecule has 0 spiro atoms. The Kier molecular flexibility index (Phi) is 4.40. The van der Waals surface area contributed by atoms with Crippen LogP contribution in [0.3, 0.4) is 0 Å². The number of carbonyl (C=O) groups is 1. The standard InChI is InChI=1S/C20H14BrN5O3S/c1-10-18-13(12-4-2-3-5-15(12)26(28)29)9-17(27)23-19(18)25(24-10)20-22-14-7-6-11(21)8-16(14)30-20/h2-8,13H,9H2,1H3,(H,23,27)/t13-/m1/s1. The largest absolute Gasteiger partial charge is 0.310 e. The number of nitrogens with one attached hydrogen (secondary N) is 1. The number of aromatic nitrogens is 3. The highest BCUT2D eigenvalue weighted by molar-refractivity contribution is 9.10. The summed E-state index contributed by atoms with van der Waals surface area (Å²) in [7, 11) is 0. The monoisotopic (exact) mass is 483 g/mol. The lowest BCUT2D eigenvalue weighted by molar-refractivity contribution is -0.385. The highest BCUT2D eigenvalue weighted by atomic mass is 79.9. The van der Waals surface area contributed by atoms with Crippen LogP contribution in [-0.2, 0) is 4.79 Å². The van der Waals surface area contributed by atoms with Gasteiger partial charge in [0, 0.05) is 34.0 Å². The van der Waals surface area contributed by atoms with E-state index in [2.05, 4.69) is 31.3 Å². The maximum Gasteiger partial charge on any atom is 0.273 e. The molecule has 10 heteroatoms. The molecule has 1 atom stereocenters. The molecule has 0 fully saturated rings. The summed E-state index contributed by atoms with van der Waals surface area (Å²) in [6.07, 6.45) is 0.122. The van der Waals surface area contributed by atoms with Gasteiger partial charge in [0.15, 0.2) is 0 Å². The lowest BCUT2D eigenvalue weighted by Crippen LogP contribution is -2.25. The van der Waals surface area contributed by atoms with Gasteiger partial charge in [0.1, 0.15) is 5.82 Å². The van der Waals surface area contributed by atoms with Gasteiger partial charge in [0.05, 0.1) is 20.8 Å². The number of fused-ring (bicyclic) bond motifs is 2. The first-order chi connectivity index (χ1) is 14.4. The van der Waals surface area contributed by atoms with Crippen molar-refractivity contribution in [3.63, 3.8) is 0 Å². The van der Waals surface area contributed by atoms with Gasteiger partial charge in [-0.2, -0.15) is 9.78 Å². The molecule has 2 aromatic carbocycles. The Morgan fingerprint density at radius 3 is 2.90 bits per heavy atom. The van der Waals surface area contributed by atoms with Crippen molar-refractivity contribution in [3.8, 4) is 5.13 Å². The number of rotatable bonds is 3. The minimum atomic E-state index is -0.451. The summed E-state index contributed by atoms with van der Waals surface area (Å²) >= 11 is 4.92. The summed E-state index contributed by atoms with van der Waals surface area (Å²) in [4.78, 5) is 28.4. The van der Waals surface area contributed by atoms with E-state index in [1.807, 2.05) is 25.1 Å². The number of anilines is 1. The van der Waals surface area contributed by atoms with Crippen LogP contribution in [-0.4, -0.2) is 25.6 Å². The number of carbonyl (C=O) groups excluding carboxylic acids is 1. The van der Waals surface area contributed by atoms with Crippen molar-refractivity contribution in [2.75, 3.05) is 5.32 Å². The maximum atomic E-state index is 12.6. The molecule has 1 aliphatic heterocycles. The zero-order valence-electron chi connectivity index (χ0n) is 15.6. The van der Waals surface area contributed by atoms with Crippen molar-refractivity contribution in [1.29, 1.82) is 0 Å². The van der Waals surface area contributed by atoms with Crippen LogP contribution in [0.15, 0.2) is 46.9 Å². The van der Waals surface area contributed by atoms with Crippen LogP contribution in [0, 0.1) is 17.0 Å². The minimum absolute atomic E-state index is 0.000127. The van der Waals surface area contributed by atoms with Crippen molar-refractivity contribution in [2.24, 2.45) is 0 Å². The van der Waals surface area contributed by atoms with E-state index >= 15 is 0 Å². The third-order valence-electron chi connectivity index (χ3n) is 5.13. The molecule has 1 amide bonds. The van der Waals surface area contributed by atoms with E-state index in [1.54, 1.807) is 22.9 Å². The Labute approximate surface area is 182 Å².